The quantitative estimate of drug-likeness (QED) is 0.671. The molecule has 10 heteroatoms. The molecule has 0 bridgehead atoms. The lowest BCUT2D eigenvalue weighted by Crippen LogP contribution is -2.28. The smallest absolute Gasteiger partial charge is 0.497 e. The number of carboxylic acid groups (broad SMARTS) is 1. The van der Waals surface area contributed by atoms with Gasteiger partial charge in [0.25, 0.3) is 0 Å². The van der Waals surface area contributed by atoms with E-state index in [2.05, 4.69) is 8.92 Å². The lowest BCUT2D eigenvalue weighted by molar-refractivity contribution is -0.0500. The number of alkyl halides is 3. The zero-order valence-electron chi connectivity index (χ0n) is 9.26. The monoisotopic (exact) mass is 300 g/mol. The van der Waals surface area contributed by atoms with Crippen molar-refractivity contribution in [3.05, 3.63) is 23.8 Å². The fourth-order valence-corrected chi connectivity index (χ4v) is 1.51. The molecule has 0 heterocycles. The van der Waals surface area contributed by atoms with Crippen LogP contribution in [-0.4, -0.2) is 32.1 Å². The Hall–Kier alpha value is -1.97. The molecule has 0 amide bonds. The highest BCUT2D eigenvalue weighted by molar-refractivity contribution is 7.88. The Kier molecular flexibility index (Phi) is 3.94. The predicted molar refractivity (Wildman–Crippen MR) is 55.6 cm³/mol. The highest BCUT2D eigenvalue weighted by Crippen LogP contribution is 2.31. The largest absolute Gasteiger partial charge is 0.534 e. The number of hydrogen-bond acceptors (Lipinski definition) is 5. The number of ether oxygens (including phenoxy) is 1. The summed E-state index contributed by atoms with van der Waals surface area (Å²) >= 11 is 0. The molecule has 1 aromatic carbocycles. The number of methoxy groups -OCH3 is 1. The maximum atomic E-state index is 12.1. The van der Waals surface area contributed by atoms with E-state index in [1.54, 1.807) is 0 Å². The van der Waals surface area contributed by atoms with Gasteiger partial charge in [0.1, 0.15) is 11.3 Å². The van der Waals surface area contributed by atoms with Crippen molar-refractivity contribution in [2.45, 2.75) is 5.51 Å². The molecule has 19 heavy (non-hydrogen) atoms. The molecule has 6 nitrogen and oxygen atoms in total. The van der Waals surface area contributed by atoms with Crippen molar-refractivity contribution in [3.63, 3.8) is 0 Å². The second kappa shape index (κ2) is 4.96. The molecule has 0 aliphatic carbocycles. The molecular weight excluding hydrogens is 293 g/mol. The van der Waals surface area contributed by atoms with E-state index in [-0.39, 0.29) is 5.75 Å². The van der Waals surface area contributed by atoms with Gasteiger partial charge in [0.2, 0.25) is 0 Å². The molecule has 1 aromatic rings. The molecule has 0 radical (unpaired) electrons. The minimum atomic E-state index is -5.95. The average Bonchev–Trinajstić information content (AvgIpc) is 2.26. The second-order valence-corrected chi connectivity index (χ2v) is 4.69. The maximum Gasteiger partial charge on any atom is 0.534 e. The minimum Gasteiger partial charge on any atom is -0.497 e. The van der Waals surface area contributed by atoms with Crippen molar-refractivity contribution in [2.75, 3.05) is 7.11 Å². The molecule has 0 spiro atoms. The molecule has 0 aliphatic rings. The first kappa shape index (κ1) is 15.1. The van der Waals surface area contributed by atoms with Crippen LogP contribution in [0, 0.1) is 0 Å². The summed E-state index contributed by atoms with van der Waals surface area (Å²) < 4.78 is 66.5. The fraction of sp³-hybridized carbons (Fsp3) is 0.222. The molecule has 0 aromatic heterocycles. The molecule has 0 saturated carbocycles. The van der Waals surface area contributed by atoms with Gasteiger partial charge in [-0.25, -0.2) is 4.79 Å². The Morgan fingerprint density at radius 3 is 2.32 bits per heavy atom. The molecule has 1 N–H and O–H groups in total. The van der Waals surface area contributed by atoms with Crippen LogP contribution in [0.2, 0.25) is 0 Å². The van der Waals surface area contributed by atoms with Crippen molar-refractivity contribution in [1.82, 2.24) is 0 Å². The first-order valence-electron chi connectivity index (χ1n) is 4.50. The summed E-state index contributed by atoms with van der Waals surface area (Å²) in [6.45, 7) is 0. The van der Waals surface area contributed by atoms with Gasteiger partial charge in [-0.15, -0.1) is 0 Å². The zero-order valence-corrected chi connectivity index (χ0v) is 10.1. The number of hydrogen-bond donors (Lipinski definition) is 1. The van der Waals surface area contributed by atoms with Gasteiger partial charge in [-0.05, 0) is 12.1 Å². The molecule has 0 fully saturated rings. The normalized spacial score (nSPS) is 12.0. The molecular formula is C9H7F3O6S. The van der Waals surface area contributed by atoms with Gasteiger partial charge in [0.05, 0.1) is 7.11 Å². The Bertz CT molecular complexity index is 592. The Morgan fingerprint density at radius 2 is 1.89 bits per heavy atom. The average molecular weight is 300 g/mol. The number of carboxylic acids is 1. The summed E-state index contributed by atoms with van der Waals surface area (Å²) in [6, 6.07) is 2.73. The highest BCUT2D eigenvalue weighted by Gasteiger charge is 2.49. The van der Waals surface area contributed by atoms with E-state index < -0.39 is 32.9 Å². The van der Waals surface area contributed by atoms with E-state index in [1.807, 2.05) is 0 Å². The summed E-state index contributed by atoms with van der Waals surface area (Å²) in [5.41, 5.74) is -6.40. The topological polar surface area (TPSA) is 89.9 Å². The maximum absolute atomic E-state index is 12.1. The minimum absolute atomic E-state index is 0.0580. The lowest BCUT2D eigenvalue weighted by Gasteiger charge is -2.12. The van der Waals surface area contributed by atoms with Crippen LogP contribution >= 0.6 is 0 Å². The van der Waals surface area contributed by atoms with E-state index >= 15 is 0 Å². The Labute approximate surface area is 105 Å². The number of benzene rings is 1. The Morgan fingerprint density at radius 1 is 1.32 bits per heavy atom. The van der Waals surface area contributed by atoms with E-state index in [4.69, 9.17) is 5.11 Å². The number of aromatic carboxylic acids is 1. The van der Waals surface area contributed by atoms with Crippen LogP contribution in [0.15, 0.2) is 18.2 Å². The molecule has 0 saturated heterocycles. The van der Waals surface area contributed by atoms with Gasteiger partial charge in [-0.1, -0.05) is 0 Å². The van der Waals surface area contributed by atoms with Crippen molar-refractivity contribution in [3.8, 4) is 11.5 Å². The van der Waals surface area contributed by atoms with Crippen LogP contribution in [0.5, 0.6) is 11.5 Å². The molecule has 0 atom stereocenters. The third kappa shape index (κ3) is 3.28. The number of carbonyl (C=O) groups is 1. The van der Waals surface area contributed by atoms with Gasteiger partial charge in [-0.3, -0.25) is 0 Å². The second-order valence-electron chi connectivity index (χ2n) is 3.15. The van der Waals surface area contributed by atoms with Crippen molar-refractivity contribution >= 4 is 16.1 Å². The fourth-order valence-electron chi connectivity index (χ4n) is 1.04. The van der Waals surface area contributed by atoms with E-state index in [0.29, 0.717) is 0 Å². The van der Waals surface area contributed by atoms with Gasteiger partial charge >= 0.3 is 21.6 Å². The van der Waals surface area contributed by atoms with Gasteiger partial charge in [0.15, 0.2) is 5.75 Å². The summed E-state index contributed by atoms with van der Waals surface area (Å²) in [5.74, 6) is -2.68. The Balaban J connectivity index is 3.30. The molecule has 106 valence electrons. The lowest BCUT2D eigenvalue weighted by atomic mass is 10.2. The van der Waals surface area contributed by atoms with Gasteiger partial charge < -0.3 is 14.0 Å². The van der Waals surface area contributed by atoms with Crippen LogP contribution in [0.1, 0.15) is 10.4 Å². The third-order valence-electron chi connectivity index (χ3n) is 1.90. The third-order valence-corrected chi connectivity index (χ3v) is 2.87. The zero-order chi connectivity index (χ0) is 14.8. The number of rotatable bonds is 4. The first-order chi connectivity index (χ1) is 8.58. The van der Waals surface area contributed by atoms with Crippen LogP contribution in [0.3, 0.4) is 0 Å². The first-order valence-corrected chi connectivity index (χ1v) is 5.91. The molecule has 1 rings (SSSR count). The predicted octanol–water partition coefficient (Wildman–Crippen LogP) is 1.62. The van der Waals surface area contributed by atoms with E-state index in [9.17, 15) is 26.4 Å². The standard InChI is InChI=1S/C9H7F3O6S/c1-17-5-2-3-6(8(13)14)7(4-5)18-19(15,16)9(10,11)12/h2-4H,1H3,(H,13,14). The van der Waals surface area contributed by atoms with Crippen LogP contribution in [-0.2, 0) is 10.1 Å². The van der Waals surface area contributed by atoms with E-state index in [0.717, 1.165) is 25.3 Å². The summed E-state index contributed by atoms with van der Waals surface area (Å²) in [4.78, 5) is 10.8. The van der Waals surface area contributed by atoms with Gasteiger partial charge in [-0.2, -0.15) is 21.6 Å². The highest BCUT2D eigenvalue weighted by atomic mass is 32.2. The molecule has 0 aliphatic heterocycles. The van der Waals surface area contributed by atoms with Crippen molar-refractivity contribution in [1.29, 1.82) is 0 Å². The summed E-state index contributed by atoms with van der Waals surface area (Å²) in [6.07, 6.45) is 0. The van der Waals surface area contributed by atoms with Crippen LogP contribution in [0.4, 0.5) is 13.2 Å². The summed E-state index contributed by atoms with van der Waals surface area (Å²) in [7, 11) is -4.79. The van der Waals surface area contributed by atoms with Crippen LogP contribution in [0.25, 0.3) is 0 Å². The van der Waals surface area contributed by atoms with Crippen molar-refractivity contribution < 1.29 is 40.4 Å². The van der Waals surface area contributed by atoms with E-state index in [1.165, 1.54) is 0 Å². The number of halogens is 3. The van der Waals surface area contributed by atoms with Crippen molar-refractivity contribution in [2.24, 2.45) is 0 Å². The van der Waals surface area contributed by atoms with Crippen LogP contribution < -0.4 is 8.92 Å². The molecule has 0 unspecified atom stereocenters. The summed E-state index contributed by atoms with van der Waals surface area (Å²) in [5, 5.41) is 8.73. The SMILES string of the molecule is COc1ccc(C(=O)O)c(OS(=O)(=O)C(F)(F)F)c1. The van der Waals surface area contributed by atoms with Gasteiger partial charge in [0, 0.05) is 6.07 Å².